The van der Waals surface area contributed by atoms with Crippen molar-refractivity contribution in [1.29, 1.82) is 0 Å². The van der Waals surface area contributed by atoms with Gasteiger partial charge in [0.2, 0.25) is 0 Å². The van der Waals surface area contributed by atoms with Gasteiger partial charge >= 0.3 is 0 Å². The molecule has 1 unspecified atom stereocenters. The van der Waals surface area contributed by atoms with Gasteiger partial charge in [-0.25, -0.2) is 0 Å². The summed E-state index contributed by atoms with van der Waals surface area (Å²) >= 11 is 0. The van der Waals surface area contributed by atoms with Crippen LogP contribution in [0.5, 0.6) is 11.5 Å². The molecule has 0 saturated carbocycles. The van der Waals surface area contributed by atoms with Crippen molar-refractivity contribution in [3.05, 3.63) is 59.7 Å². The Bertz CT molecular complexity index is 636. The van der Waals surface area contributed by atoms with Gasteiger partial charge in [0.1, 0.15) is 19.5 Å². The highest BCUT2D eigenvalue weighted by Crippen LogP contribution is 2.33. The lowest BCUT2D eigenvalue weighted by molar-refractivity contribution is -0.112. The van der Waals surface area contributed by atoms with Gasteiger partial charge in [-0.05, 0) is 36.6 Å². The van der Waals surface area contributed by atoms with Crippen LogP contribution in [0.2, 0.25) is 0 Å². The van der Waals surface area contributed by atoms with Crippen molar-refractivity contribution < 1.29 is 14.3 Å². The van der Waals surface area contributed by atoms with Crippen molar-refractivity contribution in [3.63, 3.8) is 0 Å². The molecular formula is C18H18O3. The van der Waals surface area contributed by atoms with Crippen molar-refractivity contribution >= 4 is 6.29 Å². The third-order valence-corrected chi connectivity index (χ3v) is 3.87. The highest BCUT2D eigenvalue weighted by atomic mass is 16.6. The second kappa shape index (κ2) is 5.60. The molecule has 2 aromatic carbocycles. The van der Waals surface area contributed by atoms with Crippen LogP contribution < -0.4 is 9.47 Å². The molecule has 3 nitrogen and oxygen atoms in total. The van der Waals surface area contributed by atoms with Crippen LogP contribution in [0.25, 0.3) is 0 Å². The molecule has 1 atom stereocenters. The Morgan fingerprint density at radius 2 is 1.76 bits per heavy atom. The lowest BCUT2D eigenvalue weighted by Gasteiger charge is -2.25. The minimum atomic E-state index is -0.537. The zero-order chi connectivity index (χ0) is 14.7. The highest BCUT2D eigenvalue weighted by molar-refractivity contribution is 5.68. The fraction of sp³-hybridized carbons (Fsp3) is 0.278. The van der Waals surface area contributed by atoms with E-state index in [4.69, 9.17) is 9.47 Å². The number of carbonyl (C=O) groups is 1. The molecule has 21 heavy (non-hydrogen) atoms. The number of rotatable bonds is 4. The first-order valence-corrected chi connectivity index (χ1v) is 7.12. The topological polar surface area (TPSA) is 35.5 Å². The van der Waals surface area contributed by atoms with Gasteiger partial charge in [0, 0.05) is 0 Å². The van der Waals surface area contributed by atoms with Gasteiger partial charge in [0.25, 0.3) is 0 Å². The maximum atomic E-state index is 11.7. The van der Waals surface area contributed by atoms with Crippen molar-refractivity contribution in [2.45, 2.75) is 18.8 Å². The molecule has 0 aromatic heterocycles. The first-order valence-electron chi connectivity index (χ1n) is 7.12. The van der Waals surface area contributed by atoms with Gasteiger partial charge in [0.05, 0.1) is 5.41 Å². The standard InChI is InChI=1S/C18H18O3/c1-18(13-19,15-5-3-2-4-6-15)12-14-7-8-16-17(11-14)21-10-9-20-16/h2-8,11,13H,9-10,12H2,1H3. The fourth-order valence-corrected chi connectivity index (χ4v) is 2.65. The Kier molecular flexibility index (Phi) is 3.65. The molecule has 108 valence electrons. The van der Waals surface area contributed by atoms with Crippen molar-refractivity contribution in [1.82, 2.24) is 0 Å². The molecular weight excluding hydrogens is 264 g/mol. The summed E-state index contributed by atoms with van der Waals surface area (Å²) in [5, 5.41) is 0. The molecule has 2 aromatic rings. The molecule has 3 rings (SSSR count). The van der Waals surface area contributed by atoms with Gasteiger partial charge in [0.15, 0.2) is 11.5 Å². The number of benzene rings is 2. The number of carbonyl (C=O) groups excluding carboxylic acids is 1. The van der Waals surface area contributed by atoms with Crippen LogP contribution >= 0.6 is 0 Å². The van der Waals surface area contributed by atoms with E-state index in [9.17, 15) is 4.79 Å². The largest absolute Gasteiger partial charge is 0.486 e. The SMILES string of the molecule is CC(C=O)(Cc1ccc2c(c1)OCCO2)c1ccccc1. The number of ether oxygens (including phenoxy) is 2. The van der Waals surface area contributed by atoms with E-state index < -0.39 is 5.41 Å². The molecule has 0 radical (unpaired) electrons. The number of fused-ring (bicyclic) bond motifs is 1. The third-order valence-electron chi connectivity index (χ3n) is 3.87. The Balaban J connectivity index is 1.89. The van der Waals surface area contributed by atoms with Crippen molar-refractivity contribution in [3.8, 4) is 11.5 Å². The second-order valence-corrected chi connectivity index (χ2v) is 5.56. The van der Waals surface area contributed by atoms with Gasteiger partial charge < -0.3 is 14.3 Å². The maximum absolute atomic E-state index is 11.7. The predicted octanol–water partition coefficient (Wildman–Crippen LogP) is 3.16. The first-order chi connectivity index (χ1) is 10.2. The maximum Gasteiger partial charge on any atom is 0.161 e. The second-order valence-electron chi connectivity index (χ2n) is 5.56. The Morgan fingerprint density at radius 1 is 1.05 bits per heavy atom. The molecule has 1 aliphatic heterocycles. The van der Waals surface area contributed by atoms with Crippen LogP contribution in [0.1, 0.15) is 18.1 Å². The van der Waals surface area contributed by atoms with Gasteiger partial charge in [-0.2, -0.15) is 0 Å². The number of hydrogen-bond donors (Lipinski definition) is 0. The summed E-state index contributed by atoms with van der Waals surface area (Å²) in [6.07, 6.45) is 1.66. The quantitative estimate of drug-likeness (QED) is 0.808. The summed E-state index contributed by atoms with van der Waals surface area (Å²) in [4.78, 5) is 11.7. The molecule has 1 aliphatic rings. The van der Waals surface area contributed by atoms with E-state index in [1.165, 1.54) is 0 Å². The fourth-order valence-electron chi connectivity index (χ4n) is 2.65. The summed E-state index contributed by atoms with van der Waals surface area (Å²) in [7, 11) is 0. The number of aldehydes is 1. The molecule has 0 fully saturated rings. The Labute approximate surface area is 124 Å². The zero-order valence-corrected chi connectivity index (χ0v) is 12.0. The molecule has 0 N–H and O–H groups in total. The summed E-state index contributed by atoms with van der Waals surface area (Å²) in [6, 6.07) is 15.7. The third kappa shape index (κ3) is 2.77. The van der Waals surface area contributed by atoms with E-state index in [0.717, 1.165) is 28.9 Å². The molecule has 3 heteroatoms. The minimum Gasteiger partial charge on any atom is -0.486 e. The molecule has 0 amide bonds. The molecule has 1 heterocycles. The molecule has 0 aliphatic carbocycles. The number of hydrogen-bond acceptors (Lipinski definition) is 3. The molecule has 0 saturated heterocycles. The lowest BCUT2D eigenvalue weighted by atomic mass is 9.78. The van der Waals surface area contributed by atoms with E-state index in [1.54, 1.807) is 0 Å². The first kappa shape index (κ1) is 13.7. The van der Waals surface area contributed by atoms with Crippen LogP contribution in [0, 0.1) is 0 Å². The van der Waals surface area contributed by atoms with Crippen LogP contribution in [-0.4, -0.2) is 19.5 Å². The normalized spacial score (nSPS) is 16.0. The van der Waals surface area contributed by atoms with Crippen LogP contribution in [0.3, 0.4) is 0 Å². The Morgan fingerprint density at radius 3 is 2.48 bits per heavy atom. The molecule has 0 spiro atoms. The minimum absolute atomic E-state index is 0.537. The summed E-state index contributed by atoms with van der Waals surface area (Å²) < 4.78 is 11.1. The predicted molar refractivity (Wildman–Crippen MR) is 81.0 cm³/mol. The van der Waals surface area contributed by atoms with E-state index in [-0.39, 0.29) is 0 Å². The van der Waals surface area contributed by atoms with Crippen molar-refractivity contribution in [2.75, 3.05) is 13.2 Å². The van der Waals surface area contributed by atoms with Gasteiger partial charge in [-0.15, -0.1) is 0 Å². The van der Waals surface area contributed by atoms with E-state index in [0.29, 0.717) is 19.6 Å². The summed E-state index contributed by atoms with van der Waals surface area (Å²) in [5.41, 5.74) is 1.55. The van der Waals surface area contributed by atoms with Crippen molar-refractivity contribution in [2.24, 2.45) is 0 Å². The van der Waals surface area contributed by atoms with Crippen LogP contribution in [0.4, 0.5) is 0 Å². The van der Waals surface area contributed by atoms with E-state index in [2.05, 4.69) is 0 Å². The Hall–Kier alpha value is -2.29. The zero-order valence-electron chi connectivity index (χ0n) is 12.0. The summed E-state index contributed by atoms with van der Waals surface area (Å²) in [6.45, 7) is 3.12. The van der Waals surface area contributed by atoms with Crippen LogP contribution in [-0.2, 0) is 16.6 Å². The van der Waals surface area contributed by atoms with Gasteiger partial charge in [-0.1, -0.05) is 36.4 Å². The lowest BCUT2D eigenvalue weighted by Crippen LogP contribution is -2.27. The average Bonchev–Trinajstić information content (AvgIpc) is 2.55. The highest BCUT2D eigenvalue weighted by Gasteiger charge is 2.27. The monoisotopic (exact) mass is 282 g/mol. The summed E-state index contributed by atoms with van der Waals surface area (Å²) in [5.74, 6) is 1.54. The van der Waals surface area contributed by atoms with Gasteiger partial charge in [-0.3, -0.25) is 0 Å². The average molecular weight is 282 g/mol. The van der Waals surface area contributed by atoms with Crippen LogP contribution in [0.15, 0.2) is 48.5 Å². The molecule has 0 bridgehead atoms. The van der Waals surface area contributed by atoms with E-state index >= 15 is 0 Å². The van der Waals surface area contributed by atoms with E-state index in [1.807, 2.05) is 55.5 Å². The smallest absolute Gasteiger partial charge is 0.161 e.